The zero-order valence-electron chi connectivity index (χ0n) is 12.4. The summed E-state index contributed by atoms with van der Waals surface area (Å²) in [5.41, 5.74) is 11.1. The summed E-state index contributed by atoms with van der Waals surface area (Å²) in [5, 5.41) is 4.58. The molecule has 0 aliphatic carbocycles. The van der Waals surface area contributed by atoms with E-state index in [2.05, 4.69) is 45.9 Å². The summed E-state index contributed by atoms with van der Waals surface area (Å²) >= 11 is 3.65. The number of aryl methyl sites for hydroxylation is 3. The van der Waals surface area contributed by atoms with E-state index in [0.29, 0.717) is 5.95 Å². The smallest absolute Gasteiger partial charge is 0.207 e. The van der Waals surface area contributed by atoms with Crippen molar-refractivity contribution >= 4 is 33.0 Å². The van der Waals surface area contributed by atoms with Crippen LogP contribution < -0.4 is 5.73 Å². The van der Waals surface area contributed by atoms with Gasteiger partial charge in [-0.3, -0.25) is 4.57 Å². The first-order valence-electron chi connectivity index (χ1n) is 6.99. The molecule has 0 spiro atoms. The molecule has 0 unspecified atom stereocenters. The van der Waals surface area contributed by atoms with Gasteiger partial charge in [0.2, 0.25) is 5.95 Å². The number of rotatable bonds is 3. The number of hydrogen-bond acceptors (Lipinski definition) is 3. The molecule has 5 nitrogen and oxygen atoms in total. The Morgan fingerprint density at radius 3 is 2.81 bits per heavy atom. The molecule has 0 saturated carbocycles. The first-order chi connectivity index (χ1) is 10.0. The largest absolute Gasteiger partial charge is 0.369 e. The molecule has 0 saturated heterocycles. The molecule has 0 bridgehead atoms. The van der Waals surface area contributed by atoms with E-state index in [0.717, 1.165) is 45.4 Å². The van der Waals surface area contributed by atoms with Gasteiger partial charge < -0.3 is 5.73 Å². The van der Waals surface area contributed by atoms with E-state index in [4.69, 9.17) is 5.73 Å². The van der Waals surface area contributed by atoms with Crippen molar-refractivity contribution in [3.8, 4) is 5.69 Å². The number of imidazole rings is 1. The maximum absolute atomic E-state index is 6.17. The van der Waals surface area contributed by atoms with Gasteiger partial charge in [-0.2, -0.15) is 5.10 Å². The van der Waals surface area contributed by atoms with Gasteiger partial charge in [0.15, 0.2) is 5.65 Å². The predicted molar refractivity (Wildman–Crippen MR) is 88.7 cm³/mol. The molecule has 0 aliphatic rings. The molecule has 2 aromatic heterocycles. The molecule has 0 atom stereocenters. The minimum Gasteiger partial charge on any atom is -0.369 e. The zero-order chi connectivity index (χ0) is 15.1. The van der Waals surface area contributed by atoms with Crippen molar-refractivity contribution in [2.24, 2.45) is 7.05 Å². The first-order valence-corrected chi connectivity index (χ1v) is 7.79. The summed E-state index contributed by atoms with van der Waals surface area (Å²) in [6, 6.07) is 6.11. The summed E-state index contributed by atoms with van der Waals surface area (Å²) in [6.45, 7) is 4.20. The minimum atomic E-state index is 0.488. The summed E-state index contributed by atoms with van der Waals surface area (Å²) in [7, 11) is 1.93. The van der Waals surface area contributed by atoms with E-state index >= 15 is 0 Å². The average molecular weight is 348 g/mol. The van der Waals surface area contributed by atoms with Crippen LogP contribution in [-0.2, 0) is 13.5 Å². The van der Waals surface area contributed by atoms with Gasteiger partial charge in [0.05, 0.1) is 11.4 Å². The Morgan fingerprint density at radius 2 is 2.10 bits per heavy atom. The van der Waals surface area contributed by atoms with Gasteiger partial charge in [0, 0.05) is 11.5 Å². The number of hydrogen-bond donors (Lipinski definition) is 1. The normalized spacial score (nSPS) is 11.4. The summed E-state index contributed by atoms with van der Waals surface area (Å²) in [6.07, 6.45) is 1.94. The molecule has 3 aromatic rings. The van der Waals surface area contributed by atoms with E-state index in [1.165, 1.54) is 0 Å². The van der Waals surface area contributed by atoms with E-state index < -0.39 is 0 Å². The molecular weight excluding hydrogens is 330 g/mol. The third kappa shape index (κ3) is 2.14. The number of nitrogens with two attached hydrogens (primary N) is 1. The lowest BCUT2D eigenvalue weighted by molar-refractivity contribution is 0.737. The molecular formula is C15H18BrN5. The van der Waals surface area contributed by atoms with Gasteiger partial charge in [-0.15, -0.1) is 0 Å². The van der Waals surface area contributed by atoms with Gasteiger partial charge in [-0.05, 0) is 40.9 Å². The van der Waals surface area contributed by atoms with Crippen molar-refractivity contribution in [3.05, 3.63) is 33.9 Å². The van der Waals surface area contributed by atoms with Crippen LogP contribution in [0.3, 0.4) is 0 Å². The quantitative estimate of drug-likeness (QED) is 0.789. The molecule has 1 aromatic carbocycles. The Hall–Kier alpha value is -1.82. The highest BCUT2D eigenvalue weighted by Crippen LogP contribution is 2.31. The fraction of sp³-hybridized carbons (Fsp3) is 0.333. The fourth-order valence-corrected chi connectivity index (χ4v) is 3.09. The lowest BCUT2D eigenvalue weighted by Gasteiger charge is -2.10. The molecule has 0 amide bonds. The maximum atomic E-state index is 6.17. The number of halogens is 1. The Balaban J connectivity index is 2.33. The third-order valence-electron chi connectivity index (χ3n) is 3.63. The Bertz CT molecular complexity index is 815. The summed E-state index contributed by atoms with van der Waals surface area (Å²) < 4.78 is 4.84. The second-order valence-electron chi connectivity index (χ2n) is 5.21. The van der Waals surface area contributed by atoms with Crippen molar-refractivity contribution in [2.45, 2.75) is 26.7 Å². The Morgan fingerprint density at radius 1 is 1.33 bits per heavy atom. The SMILES string of the molecule is CCCc1nn(C)c2c1nc(N)n2-c1cccc(C)c1Br. The number of benzene rings is 1. The highest BCUT2D eigenvalue weighted by Gasteiger charge is 2.20. The monoisotopic (exact) mass is 347 g/mol. The third-order valence-corrected chi connectivity index (χ3v) is 4.66. The van der Waals surface area contributed by atoms with Crippen LogP contribution in [0.4, 0.5) is 5.95 Å². The Kier molecular flexibility index (Phi) is 3.49. The Labute approximate surface area is 131 Å². The van der Waals surface area contributed by atoms with E-state index in [-0.39, 0.29) is 0 Å². The molecule has 110 valence electrons. The fourth-order valence-electron chi connectivity index (χ4n) is 2.64. The average Bonchev–Trinajstić information content (AvgIpc) is 2.92. The molecule has 0 aliphatic heterocycles. The second kappa shape index (κ2) is 5.18. The maximum Gasteiger partial charge on any atom is 0.207 e. The summed E-state index contributed by atoms with van der Waals surface area (Å²) in [4.78, 5) is 4.54. The van der Waals surface area contributed by atoms with Crippen LogP contribution in [0.1, 0.15) is 24.6 Å². The van der Waals surface area contributed by atoms with E-state index in [1.807, 2.05) is 28.4 Å². The van der Waals surface area contributed by atoms with Crippen LogP contribution in [0, 0.1) is 6.92 Å². The van der Waals surface area contributed by atoms with Crippen molar-refractivity contribution in [3.63, 3.8) is 0 Å². The van der Waals surface area contributed by atoms with Crippen LogP contribution in [-0.4, -0.2) is 19.3 Å². The molecule has 21 heavy (non-hydrogen) atoms. The van der Waals surface area contributed by atoms with Crippen molar-refractivity contribution < 1.29 is 0 Å². The number of anilines is 1. The van der Waals surface area contributed by atoms with Gasteiger partial charge >= 0.3 is 0 Å². The number of fused-ring (bicyclic) bond motifs is 1. The van der Waals surface area contributed by atoms with Crippen LogP contribution in [0.5, 0.6) is 0 Å². The highest BCUT2D eigenvalue weighted by molar-refractivity contribution is 9.10. The first kappa shape index (κ1) is 14.1. The van der Waals surface area contributed by atoms with Gasteiger partial charge in [-0.25, -0.2) is 9.67 Å². The number of aromatic nitrogens is 4. The lowest BCUT2D eigenvalue weighted by atomic mass is 10.2. The van der Waals surface area contributed by atoms with E-state index in [1.54, 1.807) is 0 Å². The van der Waals surface area contributed by atoms with Gasteiger partial charge in [-0.1, -0.05) is 25.5 Å². The highest BCUT2D eigenvalue weighted by atomic mass is 79.9. The number of nitrogens with zero attached hydrogens (tertiary/aromatic N) is 4. The second-order valence-corrected chi connectivity index (χ2v) is 6.00. The van der Waals surface area contributed by atoms with E-state index in [9.17, 15) is 0 Å². The van der Waals surface area contributed by atoms with Crippen molar-refractivity contribution in [2.75, 3.05) is 5.73 Å². The molecule has 3 rings (SSSR count). The lowest BCUT2D eigenvalue weighted by Crippen LogP contribution is -2.06. The van der Waals surface area contributed by atoms with Crippen LogP contribution in [0.2, 0.25) is 0 Å². The van der Waals surface area contributed by atoms with Gasteiger partial charge in [0.25, 0.3) is 0 Å². The zero-order valence-corrected chi connectivity index (χ0v) is 14.0. The van der Waals surface area contributed by atoms with Crippen molar-refractivity contribution in [1.29, 1.82) is 0 Å². The standard InChI is InChI=1S/C15H18BrN5/c1-4-6-10-13-14(20(3)19-10)21(15(17)18-13)11-8-5-7-9(2)12(11)16/h5,7-8H,4,6H2,1-3H3,(H2,17,18). The number of nitrogen functional groups attached to an aromatic ring is 1. The topological polar surface area (TPSA) is 61.7 Å². The molecule has 2 N–H and O–H groups in total. The molecule has 2 heterocycles. The van der Waals surface area contributed by atoms with Crippen LogP contribution in [0.25, 0.3) is 16.9 Å². The summed E-state index contributed by atoms with van der Waals surface area (Å²) in [5.74, 6) is 0.488. The molecule has 0 fully saturated rings. The predicted octanol–water partition coefficient (Wildman–Crippen LogP) is 3.36. The van der Waals surface area contributed by atoms with Crippen LogP contribution in [0.15, 0.2) is 22.7 Å². The van der Waals surface area contributed by atoms with Crippen molar-refractivity contribution in [1.82, 2.24) is 19.3 Å². The minimum absolute atomic E-state index is 0.488. The molecule has 0 radical (unpaired) electrons. The van der Waals surface area contributed by atoms with Gasteiger partial charge in [0.1, 0.15) is 5.52 Å². The van der Waals surface area contributed by atoms with Crippen LogP contribution >= 0.6 is 15.9 Å². The molecule has 6 heteroatoms.